The first-order valence-electron chi connectivity index (χ1n) is 4.24. The van der Waals surface area contributed by atoms with E-state index in [0.717, 1.165) is 0 Å². The van der Waals surface area contributed by atoms with Crippen LogP contribution in [0.2, 0.25) is 0 Å². The third kappa shape index (κ3) is 2.25. The van der Waals surface area contributed by atoms with Gasteiger partial charge in [-0.2, -0.15) is 0 Å². The summed E-state index contributed by atoms with van der Waals surface area (Å²) in [6, 6.07) is 4.30. The molecule has 0 atom stereocenters. The molecule has 0 radical (unpaired) electrons. The minimum Gasteiger partial charge on any atom is -0.508 e. The average Bonchev–Trinajstić information content (AvgIpc) is 2.23. The zero-order chi connectivity index (χ0) is 11.4. The highest BCUT2D eigenvalue weighted by molar-refractivity contribution is 6.44. The first-order valence-corrected chi connectivity index (χ1v) is 4.24. The zero-order valence-electron chi connectivity index (χ0n) is 8.52. The van der Waals surface area contributed by atoms with Crippen molar-refractivity contribution in [3.05, 3.63) is 23.8 Å². The molecule has 5 nitrogen and oxygen atoms in total. The van der Waals surface area contributed by atoms with Crippen LogP contribution < -0.4 is 5.73 Å². The third-order valence-electron chi connectivity index (χ3n) is 1.89. The van der Waals surface area contributed by atoms with E-state index in [1.807, 2.05) is 0 Å². The van der Waals surface area contributed by atoms with Crippen LogP contribution in [0.4, 0.5) is 5.69 Å². The normalized spacial score (nSPS) is 11.2. The second-order valence-corrected chi connectivity index (χ2v) is 2.84. The summed E-state index contributed by atoms with van der Waals surface area (Å²) >= 11 is 0. The standard InChI is InChI=1S/C10H12N2O3/c1-12-9(10(14)15-2)7-5-6(13)3-4-8(7)11/h3-5,13H,11H2,1-2H3. The molecule has 5 heteroatoms. The van der Waals surface area contributed by atoms with Gasteiger partial charge in [-0.3, -0.25) is 4.99 Å². The van der Waals surface area contributed by atoms with Crippen molar-refractivity contribution in [1.29, 1.82) is 0 Å². The maximum Gasteiger partial charge on any atom is 0.356 e. The largest absolute Gasteiger partial charge is 0.508 e. The molecule has 0 saturated carbocycles. The molecule has 3 N–H and O–H groups in total. The number of phenolic OH excluding ortho intramolecular Hbond substituents is 1. The Morgan fingerprint density at radius 2 is 2.20 bits per heavy atom. The molecule has 0 aromatic heterocycles. The van der Waals surface area contributed by atoms with Crippen molar-refractivity contribution in [1.82, 2.24) is 0 Å². The Kier molecular flexibility index (Phi) is 3.28. The quantitative estimate of drug-likeness (QED) is 0.322. The molecule has 0 aliphatic carbocycles. The van der Waals surface area contributed by atoms with Crippen LogP contribution in [0, 0.1) is 0 Å². The fraction of sp³-hybridized carbons (Fsp3) is 0.200. The molecule has 0 aliphatic rings. The number of methoxy groups -OCH3 is 1. The van der Waals surface area contributed by atoms with Gasteiger partial charge in [-0.15, -0.1) is 0 Å². The lowest BCUT2D eigenvalue weighted by molar-refractivity contribution is -0.132. The highest BCUT2D eigenvalue weighted by atomic mass is 16.5. The molecule has 1 aromatic rings. The predicted molar refractivity (Wildman–Crippen MR) is 57.0 cm³/mol. The van der Waals surface area contributed by atoms with E-state index in [1.165, 1.54) is 32.4 Å². The monoisotopic (exact) mass is 208 g/mol. The summed E-state index contributed by atoms with van der Waals surface area (Å²) in [5.74, 6) is -0.570. The summed E-state index contributed by atoms with van der Waals surface area (Å²) in [4.78, 5) is 15.1. The Balaban J connectivity index is 3.24. The number of esters is 1. The number of aliphatic imine (C=N–C) groups is 1. The van der Waals surface area contributed by atoms with Crippen molar-refractivity contribution < 1.29 is 14.6 Å². The molecule has 0 amide bonds. The molecule has 0 aliphatic heterocycles. The van der Waals surface area contributed by atoms with Gasteiger partial charge in [0.15, 0.2) is 5.71 Å². The highest BCUT2D eigenvalue weighted by Gasteiger charge is 2.16. The number of benzene rings is 1. The number of nitrogen functional groups attached to an aromatic ring is 1. The lowest BCUT2D eigenvalue weighted by Crippen LogP contribution is -2.18. The number of aromatic hydroxyl groups is 1. The molecule has 1 rings (SSSR count). The lowest BCUT2D eigenvalue weighted by Gasteiger charge is -2.07. The van der Waals surface area contributed by atoms with Crippen LogP contribution in [0.25, 0.3) is 0 Å². The minimum absolute atomic E-state index is 0.0178. The maximum absolute atomic E-state index is 11.3. The number of phenols is 1. The van der Waals surface area contributed by atoms with Gasteiger partial charge in [0.2, 0.25) is 0 Å². The fourth-order valence-corrected chi connectivity index (χ4v) is 1.17. The number of hydrogen-bond donors (Lipinski definition) is 2. The number of carbonyl (C=O) groups excluding carboxylic acids is 1. The number of nitrogens with zero attached hydrogens (tertiary/aromatic N) is 1. The second kappa shape index (κ2) is 4.45. The molecular formula is C10H12N2O3. The second-order valence-electron chi connectivity index (χ2n) is 2.84. The fourth-order valence-electron chi connectivity index (χ4n) is 1.17. The van der Waals surface area contributed by atoms with Gasteiger partial charge in [0.25, 0.3) is 0 Å². The number of hydrogen-bond acceptors (Lipinski definition) is 5. The van der Waals surface area contributed by atoms with Crippen molar-refractivity contribution in [2.24, 2.45) is 4.99 Å². The summed E-state index contributed by atoms with van der Waals surface area (Å²) in [5.41, 5.74) is 6.47. The molecule has 0 saturated heterocycles. The smallest absolute Gasteiger partial charge is 0.356 e. The highest BCUT2D eigenvalue weighted by Crippen LogP contribution is 2.19. The van der Waals surface area contributed by atoms with Crippen LogP contribution in [0.1, 0.15) is 5.56 Å². The SMILES string of the molecule is CN=C(C(=O)OC)c1cc(O)ccc1N. The Labute approximate surface area is 87.2 Å². The maximum atomic E-state index is 11.3. The van der Waals surface area contributed by atoms with E-state index in [0.29, 0.717) is 11.3 Å². The molecule has 15 heavy (non-hydrogen) atoms. The zero-order valence-corrected chi connectivity index (χ0v) is 8.52. The number of ether oxygens (including phenoxy) is 1. The molecule has 0 fully saturated rings. The van der Waals surface area contributed by atoms with Crippen molar-refractivity contribution in [3.63, 3.8) is 0 Å². The number of nitrogens with two attached hydrogens (primary N) is 1. The molecule has 0 heterocycles. The van der Waals surface area contributed by atoms with Crippen LogP contribution in [0.5, 0.6) is 5.75 Å². The summed E-state index contributed by atoms with van der Waals surface area (Å²) < 4.78 is 4.55. The van der Waals surface area contributed by atoms with Gasteiger partial charge in [0.05, 0.1) is 7.11 Å². The summed E-state index contributed by atoms with van der Waals surface area (Å²) in [7, 11) is 2.71. The average molecular weight is 208 g/mol. The molecule has 80 valence electrons. The van der Waals surface area contributed by atoms with Crippen molar-refractivity contribution >= 4 is 17.4 Å². The number of rotatable bonds is 2. The van der Waals surface area contributed by atoms with Crippen LogP contribution in [-0.2, 0) is 9.53 Å². The Bertz CT molecular complexity index is 413. The van der Waals surface area contributed by atoms with Crippen LogP contribution in [0.15, 0.2) is 23.2 Å². The Morgan fingerprint density at radius 3 is 2.73 bits per heavy atom. The van der Waals surface area contributed by atoms with E-state index in [2.05, 4.69) is 9.73 Å². The first kappa shape index (κ1) is 11.0. The van der Waals surface area contributed by atoms with Crippen LogP contribution in [-0.4, -0.2) is 30.9 Å². The Morgan fingerprint density at radius 1 is 1.53 bits per heavy atom. The van der Waals surface area contributed by atoms with E-state index in [4.69, 9.17) is 5.73 Å². The van der Waals surface area contributed by atoms with Gasteiger partial charge >= 0.3 is 5.97 Å². The molecule has 0 spiro atoms. The van der Waals surface area contributed by atoms with E-state index in [1.54, 1.807) is 0 Å². The third-order valence-corrected chi connectivity index (χ3v) is 1.89. The first-order chi connectivity index (χ1) is 7.10. The summed E-state index contributed by atoms with van der Waals surface area (Å²) in [6.07, 6.45) is 0. The lowest BCUT2D eigenvalue weighted by atomic mass is 10.1. The van der Waals surface area contributed by atoms with Crippen molar-refractivity contribution in [2.45, 2.75) is 0 Å². The minimum atomic E-state index is -0.588. The molecule has 1 aromatic carbocycles. The van der Waals surface area contributed by atoms with E-state index in [-0.39, 0.29) is 11.5 Å². The topological polar surface area (TPSA) is 84.9 Å². The van der Waals surface area contributed by atoms with E-state index >= 15 is 0 Å². The molecule has 0 bridgehead atoms. The van der Waals surface area contributed by atoms with Gasteiger partial charge in [-0.25, -0.2) is 4.79 Å². The van der Waals surface area contributed by atoms with Gasteiger partial charge < -0.3 is 15.6 Å². The van der Waals surface area contributed by atoms with Crippen LogP contribution in [0.3, 0.4) is 0 Å². The van der Waals surface area contributed by atoms with Crippen LogP contribution >= 0.6 is 0 Å². The molecule has 0 unspecified atom stereocenters. The Hall–Kier alpha value is -2.04. The van der Waals surface area contributed by atoms with Gasteiger partial charge in [0, 0.05) is 18.3 Å². The summed E-state index contributed by atoms with van der Waals surface area (Å²) in [5, 5.41) is 9.27. The van der Waals surface area contributed by atoms with Gasteiger partial charge in [-0.05, 0) is 18.2 Å². The number of anilines is 1. The van der Waals surface area contributed by atoms with Crippen molar-refractivity contribution in [3.8, 4) is 5.75 Å². The van der Waals surface area contributed by atoms with Crippen molar-refractivity contribution in [2.75, 3.05) is 19.9 Å². The number of carbonyl (C=O) groups is 1. The van der Waals surface area contributed by atoms with E-state index in [9.17, 15) is 9.90 Å². The van der Waals surface area contributed by atoms with E-state index < -0.39 is 5.97 Å². The van der Waals surface area contributed by atoms with Gasteiger partial charge in [-0.1, -0.05) is 0 Å². The predicted octanol–water partition coefficient (Wildman–Crippen LogP) is 0.566. The molecular weight excluding hydrogens is 196 g/mol. The van der Waals surface area contributed by atoms with Gasteiger partial charge in [0.1, 0.15) is 5.75 Å². The summed E-state index contributed by atoms with van der Waals surface area (Å²) in [6.45, 7) is 0.